The largest absolute Gasteiger partial charge is 0.251 e. The van der Waals surface area contributed by atoms with Gasteiger partial charge < -0.3 is 0 Å². The minimum Gasteiger partial charge on any atom is -0.251 e. The second-order valence-corrected chi connectivity index (χ2v) is 19.6. The zero-order valence-electron chi connectivity index (χ0n) is 43.1. The standard InChI is InChI=1S/C61H104N2/c1-7-13-19-20-21-22-23-24-25-26-27-28-29-30-31-32-33-34-35-36-37-38-39-40-41-47-61(63-59-52-56(44-16-10-4)49-57(53-59)45-17-11-5)60(46-18-12-6)62-58-50-54(42-14-8-2)48-55(51-58)43-15-9-3/h41,47-53H,7-40,42-46H2,1-6H3. The summed E-state index contributed by atoms with van der Waals surface area (Å²) in [5.74, 6) is 0. The van der Waals surface area contributed by atoms with Crippen molar-refractivity contribution in [2.45, 2.75) is 292 Å². The predicted octanol–water partition coefficient (Wildman–Crippen LogP) is 21.0. The van der Waals surface area contributed by atoms with Crippen LogP contribution in [0.4, 0.5) is 11.4 Å². The molecule has 0 bridgehead atoms. The summed E-state index contributed by atoms with van der Waals surface area (Å²) < 4.78 is 0. The molecule has 2 heteroatoms. The Morgan fingerprint density at radius 2 is 0.635 bits per heavy atom. The zero-order valence-corrected chi connectivity index (χ0v) is 43.1. The first-order valence-electron chi connectivity index (χ1n) is 28.1. The molecule has 0 saturated heterocycles. The van der Waals surface area contributed by atoms with Gasteiger partial charge in [-0.3, -0.25) is 4.99 Å². The molecule has 0 unspecified atom stereocenters. The number of hydrogen-bond donors (Lipinski definition) is 0. The van der Waals surface area contributed by atoms with Gasteiger partial charge in [-0.1, -0.05) is 233 Å². The van der Waals surface area contributed by atoms with E-state index in [4.69, 9.17) is 9.98 Å². The van der Waals surface area contributed by atoms with Crippen molar-refractivity contribution in [1.29, 1.82) is 0 Å². The third kappa shape index (κ3) is 30.4. The van der Waals surface area contributed by atoms with Crippen LogP contribution in [0.2, 0.25) is 0 Å². The number of unbranched alkanes of at least 4 members (excludes halogenated alkanes) is 28. The number of aliphatic imine (C=N–C) groups is 2. The Labute approximate surface area is 393 Å². The maximum Gasteiger partial charge on any atom is 0.0848 e. The SMILES string of the molecule is CCCCCCCCCCCCCCCCCCCCCCCCCC=CC(=Nc1cc(CCCC)cc(CCCC)c1)C(CCCC)=Nc1cc(CCCC)cc(CCCC)c1. The van der Waals surface area contributed by atoms with Crippen LogP contribution in [0, 0.1) is 0 Å². The van der Waals surface area contributed by atoms with E-state index in [9.17, 15) is 0 Å². The van der Waals surface area contributed by atoms with Crippen LogP contribution in [0.15, 0.2) is 58.5 Å². The van der Waals surface area contributed by atoms with Gasteiger partial charge in [-0.15, -0.1) is 0 Å². The molecule has 0 spiro atoms. The van der Waals surface area contributed by atoms with Gasteiger partial charge in [-0.2, -0.15) is 0 Å². The molecule has 2 rings (SSSR count). The highest BCUT2D eigenvalue weighted by Crippen LogP contribution is 2.26. The van der Waals surface area contributed by atoms with Crippen molar-refractivity contribution in [3.8, 4) is 0 Å². The van der Waals surface area contributed by atoms with E-state index in [0.717, 1.165) is 74.2 Å². The van der Waals surface area contributed by atoms with Crippen LogP contribution in [-0.4, -0.2) is 11.4 Å². The Balaban J connectivity index is 1.95. The number of aryl methyl sites for hydroxylation is 4. The third-order valence-corrected chi connectivity index (χ3v) is 13.2. The smallest absolute Gasteiger partial charge is 0.0848 e. The highest BCUT2D eigenvalue weighted by molar-refractivity contribution is 6.47. The van der Waals surface area contributed by atoms with Crippen molar-refractivity contribution < 1.29 is 0 Å². The van der Waals surface area contributed by atoms with E-state index in [1.807, 2.05) is 0 Å². The summed E-state index contributed by atoms with van der Waals surface area (Å²) in [5.41, 5.74) is 10.2. The molecule has 0 fully saturated rings. The number of hydrogen-bond acceptors (Lipinski definition) is 2. The Bertz CT molecular complexity index is 1390. The molecule has 0 amide bonds. The van der Waals surface area contributed by atoms with Crippen molar-refractivity contribution in [3.05, 3.63) is 70.8 Å². The summed E-state index contributed by atoms with van der Waals surface area (Å²) in [6.45, 7) is 13.8. The molecular weight excluding hydrogens is 761 g/mol. The monoisotopic (exact) mass is 865 g/mol. The molecule has 0 N–H and O–H groups in total. The van der Waals surface area contributed by atoms with E-state index in [1.165, 1.54) is 221 Å². The van der Waals surface area contributed by atoms with Gasteiger partial charge in [0, 0.05) is 0 Å². The fourth-order valence-corrected chi connectivity index (χ4v) is 9.04. The van der Waals surface area contributed by atoms with E-state index < -0.39 is 0 Å². The molecule has 0 heterocycles. The molecule has 0 aliphatic rings. The number of benzene rings is 2. The first kappa shape index (κ1) is 56.6. The van der Waals surface area contributed by atoms with E-state index in [2.05, 4.69) is 90.1 Å². The van der Waals surface area contributed by atoms with Crippen molar-refractivity contribution in [2.24, 2.45) is 9.98 Å². The number of allylic oxidation sites excluding steroid dienone is 2. The molecule has 2 aromatic rings. The van der Waals surface area contributed by atoms with E-state index in [1.54, 1.807) is 0 Å². The first-order chi connectivity index (χ1) is 31.1. The summed E-state index contributed by atoms with van der Waals surface area (Å²) in [7, 11) is 0. The second-order valence-electron chi connectivity index (χ2n) is 19.6. The van der Waals surface area contributed by atoms with Crippen molar-refractivity contribution in [3.63, 3.8) is 0 Å². The lowest BCUT2D eigenvalue weighted by Gasteiger charge is -2.12. The average molecular weight is 866 g/mol. The first-order valence-corrected chi connectivity index (χ1v) is 28.1. The number of rotatable bonds is 43. The van der Waals surface area contributed by atoms with E-state index >= 15 is 0 Å². The third-order valence-electron chi connectivity index (χ3n) is 13.2. The van der Waals surface area contributed by atoms with Crippen LogP contribution >= 0.6 is 0 Å². The Kier molecular flexibility index (Phi) is 36.9. The average Bonchev–Trinajstić information content (AvgIpc) is 3.29. The van der Waals surface area contributed by atoms with Crippen molar-refractivity contribution in [2.75, 3.05) is 0 Å². The number of nitrogens with zero attached hydrogens (tertiary/aromatic N) is 2. The summed E-state index contributed by atoms with van der Waals surface area (Å²) in [5, 5.41) is 0. The minimum absolute atomic E-state index is 0.959. The molecule has 0 aliphatic heterocycles. The zero-order chi connectivity index (χ0) is 45.3. The van der Waals surface area contributed by atoms with Crippen molar-refractivity contribution >= 4 is 22.8 Å². The summed E-state index contributed by atoms with van der Waals surface area (Å²) in [6, 6.07) is 14.4. The quantitative estimate of drug-likeness (QED) is 0.0469. The van der Waals surface area contributed by atoms with Crippen molar-refractivity contribution in [1.82, 2.24) is 0 Å². The molecule has 0 aromatic heterocycles. The van der Waals surface area contributed by atoms with Gasteiger partial charge in [0.2, 0.25) is 0 Å². The Morgan fingerprint density at radius 3 is 0.968 bits per heavy atom. The molecule has 0 aliphatic carbocycles. The van der Waals surface area contributed by atoms with Crippen LogP contribution in [-0.2, 0) is 25.7 Å². The Hall–Kier alpha value is -2.48. The fourth-order valence-electron chi connectivity index (χ4n) is 9.04. The molecule has 0 atom stereocenters. The van der Waals surface area contributed by atoms with Crippen LogP contribution in [0.25, 0.3) is 0 Å². The molecule has 2 nitrogen and oxygen atoms in total. The lowest BCUT2D eigenvalue weighted by Crippen LogP contribution is -2.12. The van der Waals surface area contributed by atoms with Crippen LogP contribution in [0.3, 0.4) is 0 Å². The topological polar surface area (TPSA) is 24.7 Å². The highest BCUT2D eigenvalue weighted by atomic mass is 14.8. The van der Waals surface area contributed by atoms with Gasteiger partial charge >= 0.3 is 0 Å². The van der Waals surface area contributed by atoms with Gasteiger partial charge in [0.15, 0.2) is 0 Å². The maximum atomic E-state index is 5.52. The van der Waals surface area contributed by atoms with Gasteiger partial charge in [-0.25, -0.2) is 4.99 Å². The highest BCUT2D eigenvalue weighted by Gasteiger charge is 2.11. The van der Waals surface area contributed by atoms with Crippen LogP contribution < -0.4 is 0 Å². The van der Waals surface area contributed by atoms with E-state index in [-0.39, 0.29) is 0 Å². The predicted molar refractivity (Wildman–Crippen MR) is 287 cm³/mol. The fraction of sp³-hybridized carbons (Fsp3) is 0.738. The molecule has 358 valence electrons. The second kappa shape index (κ2) is 41.0. The van der Waals surface area contributed by atoms with Crippen LogP contribution in [0.1, 0.15) is 289 Å². The molecular formula is C61H104N2. The summed E-state index contributed by atoms with van der Waals surface area (Å²) >= 11 is 0. The van der Waals surface area contributed by atoms with Gasteiger partial charge in [0.1, 0.15) is 0 Å². The minimum atomic E-state index is 0.959. The summed E-state index contributed by atoms with van der Waals surface area (Å²) in [6.07, 6.45) is 56.4. The molecule has 0 radical (unpaired) electrons. The van der Waals surface area contributed by atoms with Gasteiger partial charge in [0.05, 0.1) is 22.8 Å². The maximum absolute atomic E-state index is 5.52. The van der Waals surface area contributed by atoms with Gasteiger partial charge in [-0.05, 0) is 130 Å². The Morgan fingerprint density at radius 1 is 0.333 bits per heavy atom. The van der Waals surface area contributed by atoms with Gasteiger partial charge in [0.25, 0.3) is 0 Å². The van der Waals surface area contributed by atoms with Crippen LogP contribution in [0.5, 0.6) is 0 Å². The molecule has 0 saturated carbocycles. The normalized spacial score (nSPS) is 12.3. The lowest BCUT2D eigenvalue weighted by molar-refractivity contribution is 0.518. The molecule has 63 heavy (non-hydrogen) atoms. The summed E-state index contributed by atoms with van der Waals surface area (Å²) in [4.78, 5) is 11.0. The van der Waals surface area contributed by atoms with E-state index in [0.29, 0.717) is 0 Å². The molecule has 2 aromatic carbocycles. The lowest BCUT2D eigenvalue weighted by atomic mass is 10.00.